The van der Waals surface area contributed by atoms with E-state index in [9.17, 15) is 10.1 Å². The van der Waals surface area contributed by atoms with Gasteiger partial charge >= 0.3 is 0 Å². The summed E-state index contributed by atoms with van der Waals surface area (Å²) in [4.78, 5) is 10.3. The molecule has 0 aromatic heterocycles. The Hall–Kier alpha value is -0.890. The molecular weight excluding hydrogens is 345 g/mol. The number of anilines is 1. The van der Waals surface area contributed by atoms with Crippen molar-refractivity contribution in [3.8, 4) is 0 Å². The number of nitrogens with two attached hydrogens (primary N) is 1. The maximum absolute atomic E-state index is 10.7. The van der Waals surface area contributed by atoms with Crippen molar-refractivity contribution < 1.29 is 4.92 Å². The first kappa shape index (κ1) is 13.5. The molecule has 1 aromatic rings. The summed E-state index contributed by atoms with van der Waals surface area (Å²) in [5.74, 6) is 0. The van der Waals surface area contributed by atoms with Gasteiger partial charge in [0.1, 0.15) is 0 Å². The minimum Gasteiger partial charge on any atom is -0.377 e. The van der Waals surface area contributed by atoms with E-state index in [1.807, 2.05) is 0 Å². The lowest BCUT2D eigenvalue weighted by Gasteiger charge is -2.30. The molecule has 98 valence electrons. The van der Waals surface area contributed by atoms with Crippen LogP contribution in [-0.2, 0) is 0 Å². The highest BCUT2D eigenvalue weighted by Gasteiger charge is 2.32. The molecule has 0 aliphatic heterocycles. The molecule has 1 fully saturated rings. The summed E-state index contributed by atoms with van der Waals surface area (Å²) in [5.41, 5.74) is 6.90. The average Bonchev–Trinajstić information content (AvgIpc) is 2.81. The Morgan fingerprint density at radius 2 is 2.11 bits per heavy atom. The zero-order valence-corrected chi connectivity index (χ0v) is 12.1. The number of rotatable bonds is 4. The third-order valence-corrected chi connectivity index (χ3v) is 4.41. The lowest BCUT2D eigenvalue weighted by atomic mass is 9.97. The van der Waals surface area contributed by atoms with Crippen LogP contribution < -0.4 is 11.1 Å². The number of halogens is 1. The molecule has 6 heteroatoms. The molecule has 0 amide bonds. The van der Waals surface area contributed by atoms with Gasteiger partial charge in [-0.2, -0.15) is 0 Å². The van der Waals surface area contributed by atoms with Gasteiger partial charge in [-0.25, -0.2) is 0 Å². The van der Waals surface area contributed by atoms with Gasteiger partial charge in [-0.15, -0.1) is 0 Å². The highest BCUT2D eigenvalue weighted by molar-refractivity contribution is 14.1. The van der Waals surface area contributed by atoms with Crippen molar-refractivity contribution in [2.45, 2.75) is 31.2 Å². The molecule has 0 heterocycles. The molecule has 1 aliphatic rings. The van der Waals surface area contributed by atoms with Crippen LogP contribution in [0.4, 0.5) is 11.4 Å². The first-order chi connectivity index (χ1) is 8.56. The maximum atomic E-state index is 10.7. The molecule has 2 rings (SSSR count). The van der Waals surface area contributed by atoms with E-state index >= 15 is 0 Å². The van der Waals surface area contributed by atoms with Crippen LogP contribution in [0.2, 0.25) is 0 Å². The Bertz CT molecular complexity index is 459. The summed E-state index contributed by atoms with van der Waals surface area (Å²) in [6.07, 6.45) is 4.51. The normalized spacial score (nSPS) is 17.7. The van der Waals surface area contributed by atoms with Crippen LogP contribution in [0.3, 0.4) is 0 Å². The maximum Gasteiger partial charge on any atom is 0.270 e. The lowest BCUT2D eigenvalue weighted by Crippen LogP contribution is -2.42. The number of nitrogens with one attached hydrogen (secondary N) is 1. The minimum atomic E-state index is -0.375. The molecule has 1 saturated carbocycles. The summed E-state index contributed by atoms with van der Waals surface area (Å²) in [7, 11) is 0. The van der Waals surface area contributed by atoms with Crippen molar-refractivity contribution in [3.05, 3.63) is 31.9 Å². The SMILES string of the molecule is NCC1(Nc2ccc([N+](=O)[O-])cc2I)CCCC1. The van der Waals surface area contributed by atoms with E-state index < -0.39 is 0 Å². The number of non-ortho nitro benzene ring substituents is 1. The predicted molar refractivity (Wildman–Crippen MR) is 79.7 cm³/mol. The van der Waals surface area contributed by atoms with Gasteiger partial charge in [0, 0.05) is 33.5 Å². The molecule has 0 radical (unpaired) electrons. The molecule has 1 aliphatic carbocycles. The fourth-order valence-electron chi connectivity index (χ4n) is 2.44. The quantitative estimate of drug-likeness (QED) is 0.491. The minimum absolute atomic E-state index is 0.0317. The molecule has 3 N–H and O–H groups in total. The van der Waals surface area contributed by atoms with Crippen molar-refractivity contribution in [1.29, 1.82) is 0 Å². The second kappa shape index (κ2) is 5.40. The van der Waals surface area contributed by atoms with Crippen LogP contribution in [0.5, 0.6) is 0 Å². The van der Waals surface area contributed by atoms with Crippen molar-refractivity contribution in [1.82, 2.24) is 0 Å². The number of benzene rings is 1. The number of nitro benzene ring substituents is 1. The molecule has 0 bridgehead atoms. The zero-order chi connectivity index (χ0) is 13.2. The Balaban J connectivity index is 2.21. The van der Waals surface area contributed by atoms with E-state index in [1.165, 1.54) is 18.9 Å². The van der Waals surface area contributed by atoms with E-state index in [4.69, 9.17) is 5.73 Å². The number of hydrogen-bond acceptors (Lipinski definition) is 4. The van der Waals surface area contributed by atoms with Crippen LogP contribution in [0.15, 0.2) is 18.2 Å². The van der Waals surface area contributed by atoms with Gasteiger partial charge in [-0.05, 0) is 41.5 Å². The van der Waals surface area contributed by atoms with Crippen LogP contribution in [0.1, 0.15) is 25.7 Å². The highest BCUT2D eigenvalue weighted by Crippen LogP contribution is 2.34. The van der Waals surface area contributed by atoms with Gasteiger partial charge in [0.2, 0.25) is 0 Å². The fraction of sp³-hybridized carbons (Fsp3) is 0.500. The van der Waals surface area contributed by atoms with Crippen LogP contribution in [0.25, 0.3) is 0 Å². The van der Waals surface area contributed by atoms with Gasteiger partial charge in [0.05, 0.1) is 4.92 Å². The molecule has 18 heavy (non-hydrogen) atoms. The molecule has 0 saturated heterocycles. The summed E-state index contributed by atoms with van der Waals surface area (Å²) >= 11 is 2.12. The number of nitrogens with zero attached hydrogens (tertiary/aromatic N) is 1. The predicted octanol–water partition coefficient (Wildman–Crippen LogP) is 2.88. The average molecular weight is 361 g/mol. The van der Waals surface area contributed by atoms with E-state index in [-0.39, 0.29) is 16.1 Å². The first-order valence-corrected chi connectivity index (χ1v) is 7.06. The highest BCUT2D eigenvalue weighted by atomic mass is 127. The van der Waals surface area contributed by atoms with E-state index in [0.29, 0.717) is 6.54 Å². The van der Waals surface area contributed by atoms with Crippen molar-refractivity contribution in [2.24, 2.45) is 5.73 Å². The van der Waals surface area contributed by atoms with Gasteiger partial charge in [0.25, 0.3) is 5.69 Å². The molecule has 5 nitrogen and oxygen atoms in total. The monoisotopic (exact) mass is 361 g/mol. The summed E-state index contributed by atoms with van der Waals surface area (Å²) in [6.45, 7) is 0.597. The van der Waals surface area contributed by atoms with Crippen LogP contribution in [0, 0.1) is 13.7 Å². The summed E-state index contributed by atoms with van der Waals surface area (Å²) in [6, 6.07) is 4.89. The molecular formula is C12H16IN3O2. The molecule has 0 atom stereocenters. The van der Waals surface area contributed by atoms with Crippen LogP contribution >= 0.6 is 22.6 Å². The molecule has 1 aromatic carbocycles. The fourth-order valence-corrected chi connectivity index (χ4v) is 3.07. The molecule has 0 spiro atoms. The third kappa shape index (κ3) is 2.74. The Labute approximate surface area is 119 Å². The molecule has 0 unspecified atom stereocenters. The van der Waals surface area contributed by atoms with Gasteiger partial charge in [-0.1, -0.05) is 12.8 Å². The Morgan fingerprint density at radius 1 is 1.44 bits per heavy atom. The number of nitro groups is 1. The second-order valence-corrected chi connectivity index (χ2v) is 5.90. The second-order valence-electron chi connectivity index (χ2n) is 4.74. The van der Waals surface area contributed by atoms with Crippen molar-refractivity contribution in [2.75, 3.05) is 11.9 Å². The van der Waals surface area contributed by atoms with E-state index in [2.05, 4.69) is 27.9 Å². The third-order valence-electron chi connectivity index (χ3n) is 3.51. The van der Waals surface area contributed by atoms with E-state index in [0.717, 1.165) is 22.1 Å². The zero-order valence-electron chi connectivity index (χ0n) is 9.99. The summed E-state index contributed by atoms with van der Waals surface area (Å²) < 4.78 is 0.863. The smallest absolute Gasteiger partial charge is 0.270 e. The Morgan fingerprint density at radius 3 is 2.61 bits per heavy atom. The van der Waals surface area contributed by atoms with Gasteiger partial charge in [-0.3, -0.25) is 10.1 Å². The Kier molecular flexibility index (Phi) is 4.06. The first-order valence-electron chi connectivity index (χ1n) is 5.98. The number of hydrogen-bond donors (Lipinski definition) is 2. The summed E-state index contributed by atoms with van der Waals surface area (Å²) in [5, 5.41) is 14.2. The standard InChI is InChI=1S/C12H16IN3O2/c13-10-7-9(16(17)18)3-4-11(10)15-12(8-14)5-1-2-6-12/h3-4,7,15H,1-2,5-6,8,14H2. The largest absolute Gasteiger partial charge is 0.377 e. The van der Waals surface area contributed by atoms with Crippen molar-refractivity contribution >= 4 is 34.0 Å². The van der Waals surface area contributed by atoms with Crippen LogP contribution in [-0.4, -0.2) is 17.0 Å². The van der Waals surface area contributed by atoms with Crippen molar-refractivity contribution in [3.63, 3.8) is 0 Å². The topological polar surface area (TPSA) is 81.2 Å². The van der Waals surface area contributed by atoms with E-state index in [1.54, 1.807) is 12.1 Å². The van der Waals surface area contributed by atoms with Gasteiger partial charge in [0.15, 0.2) is 0 Å². The van der Waals surface area contributed by atoms with Gasteiger partial charge < -0.3 is 11.1 Å². The lowest BCUT2D eigenvalue weighted by molar-refractivity contribution is -0.384.